The summed E-state index contributed by atoms with van der Waals surface area (Å²) in [4.78, 5) is 32.6. The molecular weight excluding hydrogens is 526 g/mol. The molecule has 0 radical (unpaired) electrons. The van der Waals surface area contributed by atoms with E-state index in [1.54, 1.807) is 48.7 Å². The highest BCUT2D eigenvalue weighted by atomic mass is 79.9. The summed E-state index contributed by atoms with van der Waals surface area (Å²) in [6, 6.07) is 15.9. The van der Waals surface area contributed by atoms with Gasteiger partial charge in [-0.15, -0.1) is 0 Å². The largest absolute Gasteiger partial charge is 0.467 e. The molecule has 1 aromatic carbocycles. The molecule has 10 heteroatoms. The second kappa shape index (κ2) is 8.97. The van der Waals surface area contributed by atoms with Crippen molar-refractivity contribution in [2.75, 3.05) is 0 Å². The maximum atomic E-state index is 13.3. The number of pyridine rings is 1. The van der Waals surface area contributed by atoms with Crippen LogP contribution in [0.3, 0.4) is 0 Å². The predicted molar refractivity (Wildman–Crippen MR) is 133 cm³/mol. The van der Waals surface area contributed by atoms with Gasteiger partial charge in [-0.05, 0) is 54.6 Å². The van der Waals surface area contributed by atoms with Crippen LogP contribution in [0.5, 0.6) is 11.6 Å². The average molecular weight is 540 g/mol. The van der Waals surface area contributed by atoms with Crippen molar-refractivity contribution in [1.82, 2.24) is 14.3 Å². The van der Waals surface area contributed by atoms with Crippen molar-refractivity contribution >= 4 is 61.9 Å². The molecule has 0 bridgehead atoms. The third kappa shape index (κ3) is 4.37. The van der Waals surface area contributed by atoms with Gasteiger partial charge in [0.15, 0.2) is 0 Å². The number of ether oxygens (including phenoxy) is 1. The molecule has 7 nitrogen and oxygen atoms in total. The highest BCUT2D eigenvalue weighted by Gasteiger charge is 2.33. The first-order valence-electron chi connectivity index (χ1n) is 9.72. The normalized spacial score (nSPS) is 15.1. The molecule has 1 amide bonds. The minimum atomic E-state index is -0.357. The van der Waals surface area contributed by atoms with Crippen molar-refractivity contribution in [3.05, 3.63) is 98.1 Å². The zero-order valence-electron chi connectivity index (χ0n) is 16.8. The summed E-state index contributed by atoms with van der Waals surface area (Å²) < 4.78 is 14.0. The molecule has 1 aliphatic heterocycles. The van der Waals surface area contributed by atoms with Crippen LogP contribution in [0.15, 0.2) is 85.6 Å². The van der Waals surface area contributed by atoms with Gasteiger partial charge in [0.25, 0.3) is 11.5 Å². The van der Waals surface area contributed by atoms with Crippen LogP contribution in [0.1, 0.15) is 11.3 Å². The van der Waals surface area contributed by atoms with E-state index < -0.39 is 0 Å². The van der Waals surface area contributed by atoms with Crippen LogP contribution < -0.4 is 10.3 Å². The van der Waals surface area contributed by atoms with Crippen LogP contribution in [0.25, 0.3) is 11.7 Å². The predicted octanol–water partition coefficient (Wildman–Crippen LogP) is 5.24. The SMILES string of the molecule is O=C1/C(=C\c2c(Oc3ccc(Br)cc3)nc3ccccn3c2=O)SC(=S)N1Cc1ccco1. The first-order valence-corrected chi connectivity index (χ1v) is 11.7. The summed E-state index contributed by atoms with van der Waals surface area (Å²) in [6.07, 6.45) is 4.65. The summed E-state index contributed by atoms with van der Waals surface area (Å²) in [7, 11) is 0. The monoisotopic (exact) mass is 539 g/mol. The van der Waals surface area contributed by atoms with Crippen molar-refractivity contribution in [3.8, 4) is 11.6 Å². The molecule has 1 saturated heterocycles. The Morgan fingerprint density at radius 3 is 2.70 bits per heavy atom. The molecule has 1 aliphatic rings. The number of halogens is 1. The Kier molecular flexibility index (Phi) is 5.88. The van der Waals surface area contributed by atoms with E-state index in [4.69, 9.17) is 21.4 Å². The van der Waals surface area contributed by atoms with Crippen LogP contribution in [0.2, 0.25) is 0 Å². The summed E-state index contributed by atoms with van der Waals surface area (Å²) in [5.41, 5.74) is 0.223. The lowest BCUT2D eigenvalue weighted by molar-refractivity contribution is -0.122. The lowest BCUT2D eigenvalue weighted by Gasteiger charge is -2.12. The number of carbonyl (C=O) groups is 1. The van der Waals surface area contributed by atoms with Gasteiger partial charge in [0, 0.05) is 10.7 Å². The second-order valence-corrected chi connectivity index (χ2v) is 9.56. The van der Waals surface area contributed by atoms with E-state index >= 15 is 0 Å². The highest BCUT2D eigenvalue weighted by molar-refractivity contribution is 9.10. The summed E-state index contributed by atoms with van der Waals surface area (Å²) in [6.45, 7) is 0.214. The lowest BCUT2D eigenvalue weighted by Crippen LogP contribution is -2.27. The Morgan fingerprint density at radius 1 is 1.12 bits per heavy atom. The molecule has 1 fully saturated rings. The number of hydrogen-bond acceptors (Lipinski definition) is 7. The summed E-state index contributed by atoms with van der Waals surface area (Å²) >= 11 is 9.90. The van der Waals surface area contributed by atoms with Gasteiger partial charge in [-0.3, -0.25) is 18.9 Å². The summed E-state index contributed by atoms with van der Waals surface area (Å²) in [5, 5.41) is 0. The second-order valence-electron chi connectivity index (χ2n) is 6.97. The third-order valence-corrected chi connectivity index (χ3v) is 6.71. The number of furan rings is 1. The maximum absolute atomic E-state index is 13.3. The van der Waals surface area contributed by atoms with E-state index in [1.807, 2.05) is 12.1 Å². The quantitative estimate of drug-likeness (QED) is 0.253. The first kappa shape index (κ1) is 21.6. The number of fused-ring (bicyclic) bond motifs is 1. The van der Waals surface area contributed by atoms with Gasteiger partial charge >= 0.3 is 0 Å². The smallest absolute Gasteiger partial charge is 0.269 e. The molecule has 3 aromatic heterocycles. The molecule has 5 rings (SSSR count). The van der Waals surface area contributed by atoms with Gasteiger partial charge < -0.3 is 9.15 Å². The molecule has 0 aliphatic carbocycles. The number of nitrogens with zero attached hydrogens (tertiary/aromatic N) is 3. The number of rotatable bonds is 5. The number of aromatic nitrogens is 2. The van der Waals surface area contributed by atoms with Crippen LogP contribution in [0, 0.1) is 0 Å². The van der Waals surface area contributed by atoms with Crippen LogP contribution in [-0.2, 0) is 11.3 Å². The fourth-order valence-corrected chi connectivity index (χ4v) is 4.72. The molecule has 0 saturated carbocycles. The van der Waals surface area contributed by atoms with Crippen molar-refractivity contribution < 1.29 is 13.9 Å². The Bertz CT molecular complexity index is 1460. The molecule has 0 atom stereocenters. The average Bonchev–Trinajstić information content (AvgIpc) is 3.42. The van der Waals surface area contributed by atoms with Gasteiger partial charge in [0.05, 0.1) is 17.7 Å². The minimum Gasteiger partial charge on any atom is -0.467 e. The Labute approximate surface area is 205 Å². The van der Waals surface area contributed by atoms with E-state index in [9.17, 15) is 9.59 Å². The number of benzene rings is 1. The van der Waals surface area contributed by atoms with Gasteiger partial charge in [-0.2, -0.15) is 4.98 Å². The van der Waals surface area contributed by atoms with Crippen LogP contribution in [0.4, 0.5) is 0 Å². The molecule has 0 unspecified atom stereocenters. The maximum Gasteiger partial charge on any atom is 0.269 e. The van der Waals surface area contributed by atoms with E-state index in [-0.39, 0.29) is 29.5 Å². The number of thiocarbonyl (C=S) groups is 1. The van der Waals surface area contributed by atoms with Crippen molar-refractivity contribution in [1.29, 1.82) is 0 Å². The first-order chi connectivity index (χ1) is 16.0. The Balaban J connectivity index is 1.57. The molecule has 4 aromatic rings. The molecule has 164 valence electrons. The Morgan fingerprint density at radius 2 is 1.94 bits per heavy atom. The Hall–Kier alpha value is -3.21. The van der Waals surface area contributed by atoms with Gasteiger partial charge in [-0.1, -0.05) is 46.0 Å². The number of amides is 1. The van der Waals surface area contributed by atoms with E-state index in [2.05, 4.69) is 20.9 Å². The van der Waals surface area contributed by atoms with Gasteiger partial charge in [0.1, 0.15) is 27.0 Å². The van der Waals surface area contributed by atoms with E-state index in [0.717, 1.165) is 16.2 Å². The number of hydrogen-bond donors (Lipinski definition) is 0. The van der Waals surface area contributed by atoms with E-state index in [1.165, 1.54) is 21.6 Å². The molecule has 4 heterocycles. The molecular formula is C23H14BrN3O4S2. The summed E-state index contributed by atoms with van der Waals surface area (Å²) in [5.74, 6) is 0.906. The zero-order valence-corrected chi connectivity index (χ0v) is 20.0. The lowest BCUT2D eigenvalue weighted by atomic mass is 10.2. The van der Waals surface area contributed by atoms with Gasteiger partial charge in [0.2, 0.25) is 5.88 Å². The molecule has 0 N–H and O–H groups in total. The number of thioether (sulfide) groups is 1. The van der Waals surface area contributed by atoms with Crippen molar-refractivity contribution in [2.24, 2.45) is 0 Å². The van der Waals surface area contributed by atoms with Crippen LogP contribution >= 0.6 is 39.9 Å². The van der Waals surface area contributed by atoms with Crippen LogP contribution in [-0.4, -0.2) is 24.5 Å². The topological polar surface area (TPSA) is 77.0 Å². The van der Waals surface area contributed by atoms with E-state index in [0.29, 0.717) is 26.4 Å². The third-order valence-electron chi connectivity index (χ3n) is 4.81. The molecule has 33 heavy (non-hydrogen) atoms. The molecule has 0 spiro atoms. The highest BCUT2D eigenvalue weighted by Crippen LogP contribution is 2.35. The fourth-order valence-electron chi connectivity index (χ4n) is 3.22. The number of carbonyl (C=O) groups excluding carboxylic acids is 1. The van der Waals surface area contributed by atoms with Crippen molar-refractivity contribution in [2.45, 2.75) is 6.54 Å². The zero-order chi connectivity index (χ0) is 22.9. The van der Waals surface area contributed by atoms with Crippen molar-refractivity contribution in [3.63, 3.8) is 0 Å². The van der Waals surface area contributed by atoms with Gasteiger partial charge in [-0.25, -0.2) is 0 Å². The standard InChI is InChI=1S/C23H14BrN3O4S2/c24-14-6-8-15(9-7-14)31-20-17(21(28)26-10-2-1-5-19(26)25-20)12-18-22(29)27(23(32)33-18)13-16-4-3-11-30-16/h1-12H,13H2/b18-12+. The fraction of sp³-hybridized carbons (Fsp3) is 0.0435. The minimum absolute atomic E-state index is 0.102.